The SMILES string of the molecule is O=CN1CCN(CCC(=O)N2CCN(c3ccccn3)CC2)CC1. The molecule has 0 saturated carbocycles. The van der Waals surface area contributed by atoms with Gasteiger partial charge in [-0.25, -0.2) is 4.98 Å². The maximum Gasteiger partial charge on any atom is 0.223 e. The Bertz CT molecular complexity index is 537. The fourth-order valence-electron chi connectivity index (χ4n) is 3.23. The Morgan fingerprint density at radius 1 is 1.04 bits per heavy atom. The number of aromatic nitrogens is 1. The predicted octanol–water partition coefficient (Wildman–Crippen LogP) is -0.106. The molecule has 24 heavy (non-hydrogen) atoms. The van der Waals surface area contributed by atoms with Gasteiger partial charge in [0.1, 0.15) is 5.82 Å². The van der Waals surface area contributed by atoms with Crippen LogP contribution < -0.4 is 4.90 Å². The molecule has 0 radical (unpaired) electrons. The first-order valence-corrected chi connectivity index (χ1v) is 8.62. The summed E-state index contributed by atoms with van der Waals surface area (Å²) in [5, 5.41) is 0. The third-order valence-electron chi connectivity index (χ3n) is 4.80. The van der Waals surface area contributed by atoms with Crippen molar-refractivity contribution >= 4 is 18.1 Å². The first kappa shape index (κ1) is 16.7. The van der Waals surface area contributed by atoms with E-state index in [4.69, 9.17) is 0 Å². The Morgan fingerprint density at radius 2 is 1.79 bits per heavy atom. The third kappa shape index (κ3) is 4.23. The van der Waals surface area contributed by atoms with E-state index in [0.29, 0.717) is 6.42 Å². The van der Waals surface area contributed by atoms with E-state index >= 15 is 0 Å². The summed E-state index contributed by atoms with van der Waals surface area (Å²) in [5.74, 6) is 1.21. The van der Waals surface area contributed by atoms with Crippen LogP contribution in [0.3, 0.4) is 0 Å². The first-order valence-electron chi connectivity index (χ1n) is 8.62. The Balaban J connectivity index is 1.39. The van der Waals surface area contributed by atoms with Gasteiger partial charge in [0.05, 0.1) is 0 Å². The topological polar surface area (TPSA) is 60.0 Å². The minimum Gasteiger partial charge on any atom is -0.353 e. The minimum atomic E-state index is 0.230. The largest absolute Gasteiger partial charge is 0.353 e. The minimum absolute atomic E-state index is 0.230. The molecule has 0 N–H and O–H groups in total. The van der Waals surface area contributed by atoms with E-state index in [9.17, 15) is 9.59 Å². The molecule has 2 amide bonds. The molecule has 2 aliphatic heterocycles. The molecule has 7 nitrogen and oxygen atoms in total. The maximum atomic E-state index is 12.4. The number of amides is 2. The van der Waals surface area contributed by atoms with Crippen molar-refractivity contribution in [1.29, 1.82) is 0 Å². The van der Waals surface area contributed by atoms with E-state index in [1.807, 2.05) is 23.1 Å². The van der Waals surface area contributed by atoms with Gasteiger partial charge < -0.3 is 14.7 Å². The van der Waals surface area contributed by atoms with E-state index in [1.165, 1.54) is 0 Å². The van der Waals surface area contributed by atoms with Crippen LogP contribution in [0.1, 0.15) is 6.42 Å². The number of carbonyl (C=O) groups is 2. The van der Waals surface area contributed by atoms with Gasteiger partial charge in [-0.3, -0.25) is 14.5 Å². The summed E-state index contributed by atoms with van der Waals surface area (Å²) in [7, 11) is 0. The number of piperazine rings is 2. The number of nitrogens with zero attached hydrogens (tertiary/aromatic N) is 5. The third-order valence-corrected chi connectivity index (χ3v) is 4.80. The zero-order valence-corrected chi connectivity index (χ0v) is 14.0. The molecule has 130 valence electrons. The number of rotatable bonds is 5. The van der Waals surface area contributed by atoms with Gasteiger partial charge in [0.25, 0.3) is 0 Å². The fraction of sp³-hybridized carbons (Fsp3) is 0.588. The lowest BCUT2D eigenvalue weighted by molar-refractivity contribution is -0.132. The highest BCUT2D eigenvalue weighted by Gasteiger charge is 2.23. The van der Waals surface area contributed by atoms with Crippen LogP contribution in [-0.4, -0.2) is 90.9 Å². The molecule has 0 aromatic carbocycles. The van der Waals surface area contributed by atoms with Gasteiger partial charge in [-0.2, -0.15) is 0 Å². The van der Waals surface area contributed by atoms with Gasteiger partial charge >= 0.3 is 0 Å². The molecule has 0 unspecified atom stereocenters. The highest BCUT2D eigenvalue weighted by Crippen LogP contribution is 2.13. The molecule has 3 heterocycles. The number of pyridine rings is 1. The second-order valence-corrected chi connectivity index (χ2v) is 6.29. The molecule has 1 aromatic heterocycles. The van der Waals surface area contributed by atoms with Crippen LogP contribution in [0.2, 0.25) is 0 Å². The molecular weight excluding hydrogens is 306 g/mol. The highest BCUT2D eigenvalue weighted by atomic mass is 16.2. The van der Waals surface area contributed by atoms with Gasteiger partial charge in [0.2, 0.25) is 12.3 Å². The fourth-order valence-corrected chi connectivity index (χ4v) is 3.23. The zero-order valence-electron chi connectivity index (χ0n) is 14.0. The molecule has 0 bridgehead atoms. The van der Waals surface area contributed by atoms with Gasteiger partial charge in [-0.1, -0.05) is 6.07 Å². The van der Waals surface area contributed by atoms with Crippen molar-refractivity contribution in [2.24, 2.45) is 0 Å². The van der Waals surface area contributed by atoms with Gasteiger partial charge in [0.15, 0.2) is 0 Å². The quantitative estimate of drug-likeness (QED) is 0.705. The number of carbonyl (C=O) groups excluding carboxylic acids is 2. The summed E-state index contributed by atoms with van der Waals surface area (Å²) in [6.45, 7) is 7.22. The molecule has 3 rings (SSSR count). The standard InChI is InChI=1S/C17H25N5O2/c23-15-20-9-7-19(8-10-20)6-4-17(24)22-13-11-21(12-14-22)16-3-1-2-5-18-16/h1-3,5,15H,4,6-14H2. The molecule has 2 fully saturated rings. The highest BCUT2D eigenvalue weighted by molar-refractivity contribution is 5.76. The summed E-state index contributed by atoms with van der Waals surface area (Å²) in [5.41, 5.74) is 0. The lowest BCUT2D eigenvalue weighted by atomic mass is 10.2. The number of hydrogen-bond donors (Lipinski definition) is 0. The summed E-state index contributed by atoms with van der Waals surface area (Å²) in [6.07, 6.45) is 3.27. The van der Waals surface area contributed by atoms with Crippen LogP contribution in [-0.2, 0) is 9.59 Å². The van der Waals surface area contributed by atoms with E-state index in [0.717, 1.165) is 71.1 Å². The van der Waals surface area contributed by atoms with Gasteiger partial charge in [-0.15, -0.1) is 0 Å². The zero-order chi connectivity index (χ0) is 16.8. The Hall–Kier alpha value is -2.15. The Morgan fingerprint density at radius 3 is 2.42 bits per heavy atom. The van der Waals surface area contributed by atoms with Crippen LogP contribution in [0.4, 0.5) is 5.82 Å². The van der Waals surface area contributed by atoms with Crippen LogP contribution in [0.5, 0.6) is 0 Å². The average Bonchev–Trinajstić information content (AvgIpc) is 2.67. The monoisotopic (exact) mass is 331 g/mol. The van der Waals surface area contributed by atoms with Crippen LogP contribution in [0.25, 0.3) is 0 Å². The van der Waals surface area contributed by atoms with Gasteiger partial charge in [0, 0.05) is 71.5 Å². The molecule has 1 aromatic rings. The summed E-state index contributed by atoms with van der Waals surface area (Å²) < 4.78 is 0. The van der Waals surface area contributed by atoms with E-state index in [2.05, 4.69) is 14.8 Å². The average molecular weight is 331 g/mol. The normalized spacial score (nSPS) is 19.4. The van der Waals surface area contributed by atoms with Crippen molar-refractivity contribution in [3.63, 3.8) is 0 Å². The summed E-state index contributed by atoms with van der Waals surface area (Å²) in [4.78, 5) is 35.7. The summed E-state index contributed by atoms with van der Waals surface area (Å²) >= 11 is 0. The van der Waals surface area contributed by atoms with Crippen LogP contribution in [0.15, 0.2) is 24.4 Å². The smallest absolute Gasteiger partial charge is 0.223 e. The molecule has 7 heteroatoms. The molecule has 2 aliphatic rings. The van der Waals surface area contributed by atoms with Crippen molar-refractivity contribution in [3.8, 4) is 0 Å². The summed E-state index contributed by atoms with van der Waals surface area (Å²) in [6, 6.07) is 5.92. The van der Waals surface area contributed by atoms with Crippen molar-refractivity contribution in [2.45, 2.75) is 6.42 Å². The van der Waals surface area contributed by atoms with Crippen molar-refractivity contribution in [2.75, 3.05) is 63.8 Å². The Labute approximate surface area is 142 Å². The number of hydrogen-bond acceptors (Lipinski definition) is 5. The lowest BCUT2D eigenvalue weighted by Crippen LogP contribution is -2.50. The second kappa shape index (κ2) is 8.10. The molecule has 0 spiro atoms. The molecule has 0 aliphatic carbocycles. The second-order valence-electron chi connectivity index (χ2n) is 6.29. The van der Waals surface area contributed by atoms with E-state index in [1.54, 1.807) is 11.1 Å². The molecular formula is C17H25N5O2. The maximum absolute atomic E-state index is 12.4. The van der Waals surface area contributed by atoms with Crippen molar-refractivity contribution in [3.05, 3.63) is 24.4 Å². The van der Waals surface area contributed by atoms with Gasteiger partial charge in [-0.05, 0) is 12.1 Å². The predicted molar refractivity (Wildman–Crippen MR) is 91.7 cm³/mol. The van der Waals surface area contributed by atoms with E-state index in [-0.39, 0.29) is 5.91 Å². The molecule has 0 atom stereocenters. The van der Waals surface area contributed by atoms with Crippen LogP contribution >= 0.6 is 0 Å². The van der Waals surface area contributed by atoms with Crippen LogP contribution in [0, 0.1) is 0 Å². The van der Waals surface area contributed by atoms with Crippen molar-refractivity contribution < 1.29 is 9.59 Å². The number of anilines is 1. The lowest BCUT2D eigenvalue weighted by Gasteiger charge is -2.36. The Kier molecular flexibility index (Phi) is 5.63. The first-order chi connectivity index (χ1) is 11.8. The van der Waals surface area contributed by atoms with E-state index < -0.39 is 0 Å². The van der Waals surface area contributed by atoms with Crippen molar-refractivity contribution in [1.82, 2.24) is 19.7 Å². The molecule has 2 saturated heterocycles.